The Morgan fingerprint density at radius 3 is 2.16 bits per heavy atom. The molecule has 0 bridgehead atoms. The van der Waals surface area contributed by atoms with Gasteiger partial charge in [-0.1, -0.05) is 53.6 Å². The van der Waals surface area contributed by atoms with Crippen LogP contribution in [0.2, 0.25) is 0 Å². The van der Waals surface area contributed by atoms with E-state index in [1.165, 1.54) is 0 Å². The maximum absolute atomic E-state index is 13.2. The molecule has 5 heteroatoms. The lowest BCUT2D eigenvalue weighted by molar-refractivity contribution is -0.147. The summed E-state index contributed by atoms with van der Waals surface area (Å²) in [7, 11) is 0. The fourth-order valence-electron chi connectivity index (χ4n) is 3.91. The average molecular weight is 420 g/mol. The third-order valence-corrected chi connectivity index (χ3v) is 5.32. The Kier molecular flexibility index (Phi) is 7.29. The number of nitrogens with one attached hydrogen (secondary N) is 1. The first-order valence-electron chi connectivity index (χ1n) is 10.6. The van der Waals surface area contributed by atoms with Crippen molar-refractivity contribution in [1.29, 1.82) is 0 Å². The minimum absolute atomic E-state index is 0.244. The number of carbonyl (C=O) groups excluding carboxylic acids is 2. The van der Waals surface area contributed by atoms with Gasteiger partial charge in [0.15, 0.2) is 0 Å². The molecule has 1 N–H and O–H groups in total. The topological polar surface area (TPSA) is 64.6 Å². The molecule has 31 heavy (non-hydrogen) atoms. The standard InChI is InChI=1S/C26H29NO4/c1-5-30-25(28)22-18(4)16-21(27-20-14-12-17(3)13-15-20)24(26(29)31-6-2)23(22)19-10-8-7-9-11-19/h7-16,22-23,27H,5-6H2,1-4H3/t22-,23+/m1/s1. The fraction of sp³-hybridized carbons (Fsp3) is 0.308. The van der Waals surface area contributed by atoms with Crippen molar-refractivity contribution in [3.63, 3.8) is 0 Å². The van der Waals surface area contributed by atoms with Crippen LogP contribution in [0, 0.1) is 12.8 Å². The van der Waals surface area contributed by atoms with Gasteiger partial charge in [0.2, 0.25) is 0 Å². The highest BCUT2D eigenvalue weighted by Gasteiger charge is 2.42. The first-order chi connectivity index (χ1) is 15.0. The fourth-order valence-corrected chi connectivity index (χ4v) is 3.91. The second kappa shape index (κ2) is 10.1. The molecule has 2 atom stereocenters. The number of anilines is 1. The van der Waals surface area contributed by atoms with Crippen molar-refractivity contribution in [3.05, 3.63) is 88.6 Å². The molecular formula is C26H29NO4. The minimum atomic E-state index is -0.606. The van der Waals surface area contributed by atoms with E-state index in [9.17, 15) is 9.59 Å². The molecule has 0 amide bonds. The Balaban J connectivity index is 2.17. The summed E-state index contributed by atoms with van der Waals surface area (Å²) < 4.78 is 10.8. The number of hydrogen-bond acceptors (Lipinski definition) is 5. The van der Waals surface area contributed by atoms with Crippen molar-refractivity contribution in [3.8, 4) is 0 Å². The molecule has 0 radical (unpaired) electrons. The van der Waals surface area contributed by atoms with E-state index >= 15 is 0 Å². The molecule has 5 nitrogen and oxygen atoms in total. The molecule has 0 spiro atoms. The number of hydrogen-bond donors (Lipinski definition) is 1. The van der Waals surface area contributed by atoms with Crippen LogP contribution in [0.3, 0.4) is 0 Å². The zero-order valence-electron chi connectivity index (χ0n) is 18.5. The van der Waals surface area contributed by atoms with E-state index in [1.54, 1.807) is 13.8 Å². The minimum Gasteiger partial charge on any atom is -0.466 e. The largest absolute Gasteiger partial charge is 0.466 e. The summed E-state index contributed by atoms with van der Waals surface area (Å²) in [5, 5.41) is 3.37. The van der Waals surface area contributed by atoms with Gasteiger partial charge in [0.25, 0.3) is 0 Å². The van der Waals surface area contributed by atoms with Gasteiger partial charge in [-0.05, 0) is 51.5 Å². The molecule has 1 aliphatic rings. The van der Waals surface area contributed by atoms with Crippen molar-refractivity contribution >= 4 is 17.6 Å². The highest BCUT2D eigenvalue weighted by atomic mass is 16.5. The lowest BCUT2D eigenvalue weighted by Gasteiger charge is -2.33. The summed E-state index contributed by atoms with van der Waals surface area (Å²) in [6.07, 6.45) is 1.85. The molecule has 0 heterocycles. The van der Waals surface area contributed by atoms with Crippen LogP contribution in [-0.4, -0.2) is 25.2 Å². The molecule has 0 unspecified atom stereocenters. The molecule has 1 aliphatic carbocycles. The van der Waals surface area contributed by atoms with Crippen LogP contribution >= 0.6 is 0 Å². The SMILES string of the molecule is CCOC(=O)C1=C(Nc2ccc(C)cc2)C=C(C)[C@@H](C(=O)OCC)[C@@H]1c1ccccc1. The number of rotatable bonds is 7. The number of carbonyl (C=O) groups is 2. The van der Waals surface area contributed by atoms with Crippen molar-refractivity contribution in [2.75, 3.05) is 18.5 Å². The zero-order valence-corrected chi connectivity index (χ0v) is 18.5. The van der Waals surface area contributed by atoms with E-state index in [4.69, 9.17) is 9.47 Å². The van der Waals surface area contributed by atoms with E-state index in [0.717, 1.165) is 22.4 Å². The summed E-state index contributed by atoms with van der Waals surface area (Å²) in [5.41, 5.74) is 4.75. The van der Waals surface area contributed by atoms with Gasteiger partial charge in [-0.25, -0.2) is 4.79 Å². The molecule has 2 aromatic carbocycles. The number of benzene rings is 2. The number of esters is 2. The van der Waals surface area contributed by atoms with Crippen molar-refractivity contribution < 1.29 is 19.1 Å². The summed E-state index contributed by atoms with van der Waals surface area (Å²) in [5.74, 6) is -1.91. The Bertz CT molecular complexity index is 990. The third kappa shape index (κ3) is 5.05. The summed E-state index contributed by atoms with van der Waals surface area (Å²) in [4.78, 5) is 26.1. The molecule has 0 fully saturated rings. The van der Waals surface area contributed by atoms with E-state index in [1.807, 2.05) is 74.5 Å². The van der Waals surface area contributed by atoms with Gasteiger partial charge in [-0.3, -0.25) is 4.79 Å². The summed E-state index contributed by atoms with van der Waals surface area (Å²) in [6, 6.07) is 17.5. The lowest BCUT2D eigenvalue weighted by atomic mass is 9.72. The number of allylic oxidation sites excluding steroid dienone is 1. The number of aryl methyl sites for hydroxylation is 1. The van der Waals surface area contributed by atoms with Gasteiger partial charge in [0, 0.05) is 17.3 Å². The van der Waals surface area contributed by atoms with Gasteiger partial charge in [-0.2, -0.15) is 0 Å². The highest BCUT2D eigenvalue weighted by Crippen LogP contribution is 2.43. The highest BCUT2D eigenvalue weighted by molar-refractivity contribution is 5.95. The third-order valence-electron chi connectivity index (χ3n) is 5.32. The molecule has 162 valence electrons. The lowest BCUT2D eigenvalue weighted by Crippen LogP contribution is -2.34. The van der Waals surface area contributed by atoms with Crippen LogP contribution in [0.1, 0.15) is 37.8 Å². The Labute approximate surface area is 183 Å². The van der Waals surface area contributed by atoms with Gasteiger partial charge in [0.05, 0.1) is 24.7 Å². The van der Waals surface area contributed by atoms with Crippen molar-refractivity contribution in [1.82, 2.24) is 0 Å². The second-order valence-electron chi connectivity index (χ2n) is 7.55. The van der Waals surface area contributed by atoms with Gasteiger partial charge in [0.1, 0.15) is 0 Å². The van der Waals surface area contributed by atoms with E-state index < -0.39 is 17.8 Å². The molecule has 2 aromatic rings. The predicted molar refractivity (Wildman–Crippen MR) is 122 cm³/mol. The summed E-state index contributed by atoms with van der Waals surface area (Å²) >= 11 is 0. The molecular weight excluding hydrogens is 390 g/mol. The van der Waals surface area contributed by atoms with Crippen molar-refractivity contribution in [2.24, 2.45) is 5.92 Å². The van der Waals surface area contributed by atoms with Gasteiger partial charge < -0.3 is 14.8 Å². The normalized spacial score (nSPS) is 18.3. The first kappa shape index (κ1) is 22.3. The van der Waals surface area contributed by atoms with E-state index in [0.29, 0.717) is 11.3 Å². The molecule has 3 rings (SSSR count). The monoisotopic (exact) mass is 419 g/mol. The molecule has 0 aromatic heterocycles. The Morgan fingerprint density at radius 1 is 0.903 bits per heavy atom. The van der Waals surface area contributed by atoms with Crippen LogP contribution in [-0.2, 0) is 19.1 Å². The smallest absolute Gasteiger partial charge is 0.336 e. The van der Waals surface area contributed by atoms with Crippen molar-refractivity contribution in [2.45, 2.75) is 33.6 Å². The van der Waals surface area contributed by atoms with Gasteiger partial charge >= 0.3 is 11.9 Å². The van der Waals surface area contributed by atoms with Crippen LogP contribution in [0.25, 0.3) is 0 Å². The Hall–Kier alpha value is -3.34. The molecule has 0 aliphatic heterocycles. The predicted octanol–water partition coefficient (Wildman–Crippen LogP) is 5.15. The first-order valence-corrected chi connectivity index (χ1v) is 10.6. The maximum Gasteiger partial charge on any atom is 0.336 e. The average Bonchev–Trinajstić information content (AvgIpc) is 2.75. The quantitative estimate of drug-likeness (QED) is 0.629. The van der Waals surface area contributed by atoms with Gasteiger partial charge in [-0.15, -0.1) is 0 Å². The molecule has 0 saturated carbocycles. The van der Waals surface area contributed by atoms with E-state index in [-0.39, 0.29) is 19.2 Å². The van der Waals surface area contributed by atoms with E-state index in [2.05, 4.69) is 5.32 Å². The second-order valence-corrected chi connectivity index (χ2v) is 7.55. The van der Waals surface area contributed by atoms with Crippen LogP contribution < -0.4 is 5.32 Å². The molecule has 0 saturated heterocycles. The number of ether oxygens (including phenoxy) is 2. The van der Waals surface area contributed by atoms with Crippen LogP contribution in [0.5, 0.6) is 0 Å². The zero-order chi connectivity index (χ0) is 22.4. The summed E-state index contributed by atoms with van der Waals surface area (Å²) in [6.45, 7) is 7.99. The van der Waals surface area contributed by atoms with Crippen LogP contribution in [0.15, 0.2) is 77.5 Å². The van der Waals surface area contributed by atoms with Crippen LogP contribution in [0.4, 0.5) is 5.69 Å². The maximum atomic E-state index is 13.2. The Morgan fingerprint density at radius 2 is 1.55 bits per heavy atom.